The first kappa shape index (κ1) is 16.6. The second-order valence-corrected chi connectivity index (χ2v) is 6.41. The topological polar surface area (TPSA) is 48.5 Å². The summed E-state index contributed by atoms with van der Waals surface area (Å²) in [5.41, 5.74) is 2.77. The van der Waals surface area contributed by atoms with Crippen LogP contribution in [-0.2, 0) is 6.54 Å². The van der Waals surface area contributed by atoms with Crippen molar-refractivity contribution in [3.63, 3.8) is 0 Å². The van der Waals surface area contributed by atoms with Crippen LogP contribution in [0.2, 0.25) is 5.02 Å². The molecule has 0 atom stereocenters. The Kier molecular flexibility index (Phi) is 5.20. The molecule has 1 fully saturated rings. The van der Waals surface area contributed by atoms with Gasteiger partial charge in [-0.05, 0) is 48.7 Å². The first-order valence-corrected chi connectivity index (χ1v) is 8.47. The minimum Gasteiger partial charge on any atom is -0.370 e. The molecular weight excluding hydrogens is 324 g/mol. The Morgan fingerprint density at radius 3 is 2.62 bits per heavy atom. The molecule has 1 aliphatic heterocycles. The molecule has 1 aliphatic rings. The lowest BCUT2D eigenvalue weighted by Gasteiger charge is -2.21. The third-order valence-corrected chi connectivity index (χ3v) is 4.46. The molecule has 1 aromatic heterocycles. The van der Waals surface area contributed by atoms with Gasteiger partial charge in [0.2, 0.25) is 0 Å². The van der Waals surface area contributed by atoms with Gasteiger partial charge in [0.25, 0.3) is 0 Å². The van der Waals surface area contributed by atoms with Crippen molar-refractivity contribution >= 4 is 29.0 Å². The second-order valence-electron chi connectivity index (χ2n) is 6.00. The van der Waals surface area contributed by atoms with E-state index in [-0.39, 0.29) is 6.03 Å². The zero-order valence-electron chi connectivity index (χ0n) is 13.7. The van der Waals surface area contributed by atoms with Gasteiger partial charge in [0.05, 0.1) is 10.7 Å². The summed E-state index contributed by atoms with van der Waals surface area (Å²) < 4.78 is 0. The van der Waals surface area contributed by atoms with Crippen LogP contribution in [-0.4, -0.2) is 36.1 Å². The quantitative estimate of drug-likeness (QED) is 0.912. The van der Waals surface area contributed by atoms with Crippen molar-refractivity contribution in [2.24, 2.45) is 0 Å². The minimum atomic E-state index is -0.170. The first-order chi connectivity index (χ1) is 11.6. The molecule has 126 valence electrons. The summed E-state index contributed by atoms with van der Waals surface area (Å²) in [6.45, 7) is 2.61. The van der Waals surface area contributed by atoms with E-state index in [2.05, 4.69) is 15.2 Å². The number of nitrogens with zero attached hydrogens (tertiary/aromatic N) is 3. The molecule has 0 radical (unpaired) electrons. The van der Waals surface area contributed by atoms with E-state index < -0.39 is 0 Å². The van der Waals surface area contributed by atoms with E-state index in [1.165, 1.54) is 12.8 Å². The summed E-state index contributed by atoms with van der Waals surface area (Å²) in [4.78, 5) is 20.2. The number of benzene rings is 1. The summed E-state index contributed by atoms with van der Waals surface area (Å²) >= 11 is 6.39. The van der Waals surface area contributed by atoms with Crippen LogP contribution in [0.4, 0.5) is 16.2 Å². The first-order valence-electron chi connectivity index (χ1n) is 8.09. The van der Waals surface area contributed by atoms with E-state index in [4.69, 9.17) is 11.6 Å². The highest BCUT2D eigenvalue weighted by molar-refractivity contribution is 6.33. The Bertz CT molecular complexity index is 701. The summed E-state index contributed by atoms with van der Waals surface area (Å²) in [7, 11) is 1.76. The zero-order valence-corrected chi connectivity index (χ0v) is 14.5. The molecule has 0 bridgehead atoms. The number of amides is 2. The smallest absolute Gasteiger partial charge is 0.321 e. The molecule has 6 heteroatoms. The fourth-order valence-corrected chi connectivity index (χ4v) is 3.15. The van der Waals surface area contributed by atoms with Crippen molar-refractivity contribution < 1.29 is 4.79 Å². The highest BCUT2D eigenvalue weighted by Gasteiger charge is 2.16. The van der Waals surface area contributed by atoms with Gasteiger partial charge in [0.1, 0.15) is 0 Å². The van der Waals surface area contributed by atoms with Crippen LogP contribution in [0.25, 0.3) is 0 Å². The lowest BCUT2D eigenvalue weighted by molar-refractivity contribution is 0.220. The van der Waals surface area contributed by atoms with Crippen LogP contribution in [0.1, 0.15) is 18.4 Å². The number of anilines is 2. The van der Waals surface area contributed by atoms with Crippen LogP contribution in [0.3, 0.4) is 0 Å². The van der Waals surface area contributed by atoms with Crippen molar-refractivity contribution in [1.82, 2.24) is 9.88 Å². The third-order valence-electron chi connectivity index (χ3n) is 4.16. The minimum absolute atomic E-state index is 0.170. The number of aromatic nitrogens is 1. The lowest BCUT2D eigenvalue weighted by Crippen LogP contribution is -2.30. The predicted octanol–water partition coefficient (Wildman–Crippen LogP) is 4.00. The Labute approximate surface area is 147 Å². The Balaban J connectivity index is 1.62. The van der Waals surface area contributed by atoms with Crippen molar-refractivity contribution in [2.45, 2.75) is 19.4 Å². The largest absolute Gasteiger partial charge is 0.370 e. The molecule has 1 saturated heterocycles. The van der Waals surface area contributed by atoms with Gasteiger partial charge in [-0.2, -0.15) is 0 Å². The maximum Gasteiger partial charge on any atom is 0.321 e. The molecular formula is C18H21ClN4O. The van der Waals surface area contributed by atoms with E-state index in [9.17, 15) is 4.79 Å². The summed E-state index contributed by atoms with van der Waals surface area (Å²) in [6.07, 6.45) is 5.85. The van der Waals surface area contributed by atoms with E-state index in [1.807, 2.05) is 30.3 Å². The maximum atomic E-state index is 12.3. The predicted molar refractivity (Wildman–Crippen MR) is 97.6 cm³/mol. The molecule has 5 nitrogen and oxygen atoms in total. The monoisotopic (exact) mass is 344 g/mol. The molecule has 2 aromatic rings. The summed E-state index contributed by atoms with van der Waals surface area (Å²) in [5, 5.41) is 3.56. The van der Waals surface area contributed by atoms with Gasteiger partial charge >= 0.3 is 6.03 Å². The molecule has 0 spiro atoms. The van der Waals surface area contributed by atoms with Gasteiger partial charge in [-0.1, -0.05) is 11.6 Å². The van der Waals surface area contributed by atoms with E-state index in [0.717, 1.165) is 24.3 Å². The van der Waals surface area contributed by atoms with Crippen LogP contribution in [0, 0.1) is 0 Å². The Hall–Kier alpha value is -2.27. The highest BCUT2D eigenvalue weighted by atomic mass is 35.5. The van der Waals surface area contributed by atoms with Crippen LogP contribution in [0.5, 0.6) is 0 Å². The van der Waals surface area contributed by atoms with Crippen LogP contribution in [0.15, 0.2) is 42.7 Å². The number of nitrogens with one attached hydrogen (secondary N) is 1. The lowest BCUT2D eigenvalue weighted by atomic mass is 10.2. The van der Waals surface area contributed by atoms with Gasteiger partial charge < -0.3 is 15.1 Å². The van der Waals surface area contributed by atoms with Crippen molar-refractivity contribution in [1.29, 1.82) is 0 Å². The number of carbonyl (C=O) groups excluding carboxylic acids is 1. The fraction of sp³-hybridized carbons (Fsp3) is 0.333. The van der Waals surface area contributed by atoms with E-state index in [1.54, 1.807) is 24.3 Å². The van der Waals surface area contributed by atoms with Gasteiger partial charge in [0.15, 0.2) is 0 Å². The number of hydrogen-bond donors (Lipinski definition) is 1. The molecule has 0 aliphatic carbocycles. The maximum absolute atomic E-state index is 12.3. The molecule has 0 saturated carbocycles. The molecule has 2 amide bonds. The van der Waals surface area contributed by atoms with E-state index >= 15 is 0 Å². The number of rotatable bonds is 4. The molecule has 3 rings (SSSR count). The Morgan fingerprint density at radius 1 is 1.25 bits per heavy atom. The highest BCUT2D eigenvalue weighted by Crippen LogP contribution is 2.31. The number of carbonyl (C=O) groups is 1. The molecule has 1 N–H and O–H groups in total. The zero-order chi connectivity index (χ0) is 16.9. The number of hydrogen-bond acceptors (Lipinski definition) is 3. The molecule has 2 heterocycles. The van der Waals surface area contributed by atoms with Crippen LogP contribution >= 0.6 is 11.6 Å². The van der Waals surface area contributed by atoms with Gasteiger partial charge in [-0.15, -0.1) is 0 Å². The fourth-order valence-electron chi connectivity index (χ4n) is 2.85. The standard InChI is InChI=1S/C18H21ClN4O/c1-22(13-14-6-8-20-9-7-14)18(24)21-15-4-5-17(16(19)12-15)23-10-2-3-11-23/h4-9,12H,2-3,10-11,13H2,1H3,(H,21,24). The van der Waals surface area contributed by atoms with Crippen molar-refractivity contribution in [3.05, 3.63) is 53.3 Å². The molecule has 24 heavy (non-hydrogen) atoms. The van der Waals surface area contributed by atoms with Crippen molar-refractivity contribution in [3.8, 4) is 0 Å². The average molecular weight is 345 g/mol. The normalized spacial score (nSPS) is 13.8. The molecule has 1 aromatic carbocycles. The number of pyridine rings is 1. The van der Waals surface area contributed by atoms with Crippen LogP contribution < -0.4 is 10.2 Å². The van der Waals surface area contributed by atoms with E-state index in [0.29, 0.717) is 17.3 Å². The number of halogens is 1. The van der Waals surface area contributed by atoms with Gasteiger partial charge in [0, 0.05) is 44.8 Å². The third kappa shape index (κ3) is 3.97. The SMILES string of the molecule is CN(Cc1ccncc1)C(=O)Nc1ccc(N2CCCC2)c(Cl)c1. The second kappa shape index (κ2) is 7.53. The summed E-state index contributed by atoms with van der Waals surface area (Å²) in [6, 6.07) is 9.31. The molecule has 0 unspecified atom stereocenters. The average Bonchev–Trinajstić information content (AvgIpc) is 3.10. The number of urea groups is 1. The summed E-state index contributed by atoms with van der Waals surface area (Å²) in [5.74, 6) is 0. The Morgan fingerprint density at radius 2 is 1.96 bits per heavy atom. The van der Waals surface area contributed by atoms with Gasteiger partial charge in [-0.3, -0.25) is 4.98 Å². The van der Waals surface area contributed by atoms with Gasteiger partial charge in [-0.25, -0.2) is 4.79 Å². The van der Waals surface area contributed by atoms with Crippen molar-refractivity contribution in [2.75, 3.05) is 30.4 Å².